The Labute approximate surface area is 177 Å². The normalized spacial score (nSPS) is 11.1. The predicted octanol–water partition coefficient (Wildman–Crippen LogP) is 4.06. The van der Waals surface area contributed by atoms with Gasteiger partial charge in [-0.25, -0.2) is 4.98 Å². The second-order valence-corrected chi connectivity index (χ2v) is 7.73. The lowest BCUT2D eigenvalue weighted by Crippen LogP contribution is -2.25. The summed E-state index contributed by atoms with van der Waals surface area (Å²) in [5.41, 5.74) is 3.54. The monoisotopic (exact) mass is 424 g/mol. The standard InChI is InChI=1S/C20H20N6OS2/c1-2-26-17(24-25-20(26)28)11-21-18(27)14-8-4-3-7-13(14)12-29-19-22-15-9-5-6-10-16(15)23-19/h3-10H,2,11-12H2,1H3,(H,21,27)(H,22,23)(H,25,28). The van der Waals surface area contributed by atoms with E-state index in [4.69, 9.17) is 12.2 Å². The zero-order valence-corrected chi connectivity index (χ0v) is 17.4. The SMILES string of the molecule is CCn1c(CNC(=O)c2ccccc2CSc2nc3ccccc3[nH]2)n[nH]c1=S. The number of imidazole rings is 1. The van der Waals surface area contributed by atoms with Gasteiger partial charge < -0.3 is 14.9 Å². The zero-order chi connectivity index (χ0) is 20.2. The van der Waals surface area contributed by atoms with Gasteiger partial charge in [0.05, 0.1) is 17.6 Å². The summed E-state index contributed by atoms with van der Waals surface area (Å²) in [6.07, 6.45) is 0. The summed E-state index contributed by atoms with van der Waals surface area (Å²) >= 11 is 6.76. The number of fused-ring (bicyclic) bond motifs is 1. The number of nitrogens with one attached hydrogen (secondary N) is 3. The Morgan fingerprint density at radius 2 is 2.00 bits per heavy atom. The van der Waals surface area contributed by atoms with Gasteiger partial charge in [-0.05, 0) is 42.9 Å². The molecule has 0 fully saturated rings. The van der Waals surface area contributed by atoms with Crippen LogP contribution in [0.15, 0.2) is 53.7 Å². The molecule has 0 radical (unpaired) electrons. The lowest BCUT2D eigenvalue weighted by molar-refractivity contribution is 0.0948. The Bertz CT molecular complexity index is 1180. The van der Waals surface area contributed by atoms with Crippen LogP contribution in [-0.4, -0.2) is 30.6 Å². The summed E-state index contributed by atoms with van der Waals surface area (Å²) in [7, 11) is 0. The number of nitrogens with zero attached hydrogens (tertiary/aromatic N) is 3. The van der Waals surface area contributed by atoms with Crippen molar-refractivity contribution in [3.8, 4) is 0 Å². The minimum atomic E-state index is -0.137. The number of rotatable bonds is 7. The Morgan fingerprint density at radius 3 is 2.83 bits per heavy atom. The molecule has 0 spiro atoms. The van der Waals surface area contributed by atoms with Gasteiger partial charge in [-0.15, -0.1) is 0 Å². The number of hydrogen-bond donors (Lipinski definition) is 3. The molecule has 0 atom stereocenters. The first-order valence-electron chi connectivity index (χ1n) is 9.23. The molecule has 0 aliphatic carbocycles. The fourth-order valence-corrected chi connectivity index (χ4v) is 4.25. The van der Waals surface area contributed by atoms with E-state index < -0.39 is 0 Å². The molecular formula is C20H20N6OS2. The van der Waals surface area contributed by atoms with E-state index in [0.717, 1.165) is 21.8 Å². The van der Waals surface area contributed by atoms with Gasteiger partial charge in [0, 0.05) is 17.9 Å². The van der Waals surface area contributed by atoms with E-state index in [0.29, 0.717) is 35.0 Å². The summed E-state index contributed by atoms with van der Waals surface area (Å²) in [4.78, 5) is 20.7. The van der Waals surface area contributed by atoms with Gasteiger partial charge in [0.15, 0.2) is 15.8 Å². The fraction of sp³-hybridized carbons (Fsp3) is 0.200. The third kappa shape index (κ3) is 4.25. The van der Waals surface area contributed by atoms with Gasteiger partial charge in [0.2, 0.25) is 0 Å². The molecular weight excluding hydrogens is 404 g/mol. The number of benzene rings is 2. The number of aromatic amines is 2. The van der Waals surface area contributed by atoms with Gasteiger partial charge in [0.1, 0.15) is 0 Å². The molecule has 148 valence electrons. The molecule has 2 aromatic carbocycles. The molecule has 0 saturated heterocycles. The average Bonchev–Trinajstić information content (AvgIpc) is 3.33. The maximum absolute atomic E-state index is 12.8. The number of aromatic nitrogens is 5. The number of amides is 1. The molecule has 0 saturated carbocycles. The summed E-state index contributed by atoms with van der Waals surface area (Å²) in [5, 5.41) is 10.7. The van der Waals surface area contributed by atoms with Crippen LogP contribution >= 0.6 is 24.0 Å². The lowest BCUT2D eigenvalue weighted by atomic mass is 10.1. The lowest BCUT2D eigenvalue weighted by Gasteiger charge is -2.10. The summed E-state index contributed by atoms with van der Waals surface area (Å²) in [6.45, 7) is 3.00. The smallest absolute Gasteiger partial charge is 0.251 e. The van der Waals surface area contributed by atoms with E-state index >= 15 is 0 Å². The van der Waals surface area contributed by atoms with Gasteiger partial charge in [-0.1, -0.05) is 42.1 Å². The largest absolute Gasteiger partial charge is 0.345 e. The van der Waals surface area contributed by atoms with Crippen molar-refractivity contribution < 1.29 is 4.79 Å². The fourth-order valence-electron chi connectivity index (χ4n) is 3.08. The van der Waals surface area contributed by atoms with Crippen molar-refractivity contribution in [1.82, 2.24) is 30.0 Å². The minimum absolute atomic E-state index is 0.137. The number of carbonyl (C=O) groups is 1. The molecule has 7 nitrogen and oxygen atoms in total. The third-order valence-corrected chi connectivity index (χ3v) is 5.79. The van der Waals surface area contributed by atoms with Gasteiger partial charge >= 0.3 is 0 Å². The van der Waals surface area contributed by atoms with E-state index in [1.807, 2.05) is 60.0 Å². The molecule has 4 rings (SSSR count). The van der Waals surface area contributed by atoms with Crippen LogP contribution in [0, 0.1) is 4.77 Å². The Balaban J connectivity index is 1.45. The van der Waals surface area contributed by atoms with E-state index in [9.17, 15) is 4.79 Å². The van der Waals surface area contributed by atoms with Crippen LogP contribution in [0.3, 0.4) is 0 Å². The molecule has 0 bridgehead atoms. The highest BCUT2D eigenvalue weighted by Crippen LogP contribution is 2.24. The minimum Gasteiger partial charge on any atom is -0.345 e. The van der Waals surface area contributed by atoms with E-state index in [1.165, 1.54) is 0 Å². The molecule has 2 aromatic heterocycles. The summed E-state index contributed by atoms with van der Waals surface area (Å²) < 4.78 is 2.42. The average molecular weight is 425 g/mol. The molecule has 9 heteroatoms. The summed E-state index contributed by atoms with van der Waals surface area (Å²) in [5.74, 6) is 1.21. The highest BCUT2D eigenvalue weighted by Gasteiger charge is 2.13. The van der Waals surface area contributed by atoms with Crippen molar-refractivity contribution in [3.05, 3.63) is 70.3 Å². The van der Waals surface area contributed by atoms with Crippen molar-refractivity contribution in [2.24, 2.45) is 0 Å². The second-order valence-electron chi connectivity index (χ2n) is 6.38. The molecule has 4 aromatic rings. The highest BCUT2D eigenvalue weighted by atomic mass is 32.2. The first-order valence-corrected chi connectivity index (χ1v) is 10.6. The van der Waals surface area contributed by atoms with Gasteiger partial charge in [-0.3, -0.25) is 9.89 Å². The van der Waals surface area contributed by atoms with Crippen LogP contribution in [0.2, 0.25) is 0 Å². The first kappa shape index (κ1) is 19.4. The quantitative estimate of drug-likeness (QED) is 0.307. The van der Waals surface area contributed by atoms with Crippen LogP contribution in [-0.2, 0) is 18.8 Å². The van der Waals surface area contributed by atoms with Gasteiger partial charge in [-0.2, -0.15) is 5.10 Å². The Hall–Kier alpha value is -2.91. The predicted molar refractivity (Wildman–Crippen MR) is 116 cm³/mol. The number of hydrogen-bond acceptors (Lipinski definition) is 5. The van der Waals surface area contributed by atoms with Crippen LogP contribution in [0.25, 0.3) is 11.0 Å². The zero-order valence-electron chi connectivity index (χ0n) is 15.8. The molecule has 0 aliphatic heterocycles. The van der Waals surface area contributed by atoms with Crippen LogP contribution in [0.5, 0.6) is 0 Å². The Kier molecular flexibility index (Phi) is 5.77. The van der Waals surface area contributed by atoms with Crippen molar-refractivity contribution in [1.29, 1.82) is 0 Å². The molecule has 0 aliphatic rings. The number of carbonyl (C=O) groups excluding carboxylic acids is 1. The first-order chi connectivity index (χ1) is 14.2. The summed E-state index contributed by atoms with van der Waals surface area (Å²) in [6, 6.07) is 15.5. The van der Waals surface area contributed by atoms with Crippen LogP contribution in [0.1, 0.15) is 28.7 Å². The number of para-hydroxylation sites is 2. The molecule has 3 N–H and O–H groups in total. The maximum atomic E-state index is 12.8. The molecule has 0 unspecified atom stereocenters. The number of H-pyrrole nitrogens is 2. The van der Waals surface area contributed by atoms with Crippen molar-refractivity contribution >= 4 is 40.9 Å². The molecule has 2 heterocycles. The Morgan fingerprint density at radius 1 is 1.21 bits per heavy atom. The van der Waals surface area contributed by atoms with E-state index in [2.05, 4.69) is 25.5 Å². The van der Waals surface area contributed by atoms with Crippen molar-refractivity contribution in [2.45, 2.75) is 30.9 Å². The molecule has 1 amide bonds. The van der Waals surface area contributed by atoms with E-state index in [1.54, 1.807) is 11.8 Å². The maximum Gasteiger partial charge on any atom is 0.251 e. The topological polar surface area (TPSA) is 91.4 Å². The number of thioether (sulfide) groups is 1. The van der Waals surface area contributed by atoms with Crippen LogP contribution in [0.4, 0.5) is 0 Å². The van der Waals surface area contributed by atoms with Crippen molar-refractivity contribution in [3.63, 3.8) is 0 Å². The molecule has 29 heavy (non-hydrogen) atoms. The highest BCUT2D eigenvalue weighted by molar-refractivity contribution is 7.98. The van der Waals surface area contributed by atoms with Gasteiger partial charge in [0.25, 0.3) is 5.91 Å². The van der Waals surface area contributed by atoms with Crippen LogP contribution < -0.4 is 5.32 Å². The third-order valence-electron chi connectivity index (χ3n) is 4.55. The second kappa shape index (κ2) is 8.62. The van der Waals surface area contributed by atoms with E-state index in [-0.39, 0.29) is 5.91 Å². The van der Waals surface area contributed by atoms with Crippen molar-refractivity contribution in [2.75, 3.05) is 0 Å².